The van der Waals surface area contributed by atoms with E-state index >= 15 is 0 Å². The quantitative estimate of drug-likeness (QED) is 0.422. The Morgan fingerprint density at radius 2 is 1.83 bits per heavy atom. The fourth-order valence-corrected chi connectivity index (χ4v) is 7.07. The number of alkyl halides is 3. The van der Waals surface area contributed by atoms with Crippen LogP contribution in [0.4, 0.5) is 24.7 Å². The molecule has 0 spiro atoms. The standard InChI is InChI=1S/C28H27F3N6O4S/c1-17-12-25(37(35-17)20-7-5-6-19(13-20)33-18(2)38)36-15-21(14-23(36)26(39)34-27(16-32)10-11-27)42(40,41)24-9-4-3-8-22(24)28(29,30)31/h3-9,12-13,21,23H,10-11,14-15H2,1-2H3,(H,33,38)(H,34,39)/t21-,23+/m1/s1. The first kappa shape index (κ1) is 29.1. The fourth-order valence-electron chi connectivity index (χ4n) is 5.16. The number of aryl methyl sites for hydroxylation is 1. The molecule has 14 heteroatoms. The van der Waals surface area contributed by atoms with Crippen molar-refractivity contribution in [3.05, 3.63) is 65.9 Å². The molecule has 0 bridgehead atoms. The molecule has 42 heavy (non-hydrogen) atoms. The number of aromatic nitrogens is 2. The van der Waals surface area contributed by atoms with E-state index in [4.69, 9.17) is 0 Å². The normalized spacial score (nSPS) is 19.7. The van der Waals surface area contributed by atoms with Crippen molar-refractivity contribution in [3.63, 3.8) is 0 Å². The maximum atomic E-state index is 13.8. The molecule has 2 amide bonds. The Kier molecular flexibility index (Phi) is 7.26. The van der Waals surface area contributed by atoms with Crippen molar-refractivity contribution in [1.82, 2.24) is 15.1 Å². The molecule has 2 heterocycles. The maximum absolute atomic E-state index is 13.8. The Bertz CT molecular complexity index is 1710. The average molecular weight is 601 g/mol. The Morgan fingerprint density at radius 1 is 1.12 bits per heavy atom. The monoisotopic (exact) mass is 600 g/mol. The summed E-state index contributed by atoms with van der Waals surface area (Å²) in [6.07, 6.45) is -4.33. The number of nitrogens with one attached hydrogen (secondary N) is 2. The highest BCUT2D eigenvalue weighted by molar-refractivity contribution is 7.92. The van der Waals surface area contributed by atoms with Gasteiger partial charge < -0.3 is 15.5 Å². The van der Waals surface area contributed by atoms with E-state index in [9.17, 15) is 36.4 Å². The Morgan fingerprint density at radius 3 is 2.48 bits per heavy atom. The summed E-state index contributed by atoms with van der Waals surface area (Å²) in [5, 5.41) is 18.1. The van der Waals surface area contributed by atoms with Crippen molar-refractivity contribution in [2.75, 3.05) is 16.8 Å². The topological polar surface area (TPSA) is 137 Å². The van der Waals surface area contributed by atoms with Crippen molar-refractivity contribution in [1.29, 1.82) is 5.26 Å². The van der Waals surface area contributed by atoms with Crippen molar-refractivity contribution in [2.24, 2.45) is 0 Å². The largest absolute Gasteiger partial charge is 0.417 e. The molecular formula is C28H27F3N6O4S. The molecule has 3 aromatic rings. The van der Waals surface area contributed by atoms with Gasteiger partial charge in [0, 0.05) is 25.2 Å². The Hall–Kier alpha value is -4.38. The second-order valence-electron chi connectivity index (χ2n) is 10.5. The minimum atomic E-state index is -4.90. The van der Waals surface area contributed by atoms with Gasteiger partial charge >= 0.3 is 6.18 Å². The molecule has 10 nitrogen and oxygen atoms in total. The number of rotatable bonds is 7. The lowest BCUT2D eigenvalue weighted by Gasteiger charge is -2.27. The third kappa shape index (κ3) is 5.56. The summed E-state index contributed by atoms with van der Waals surface area (Å²) in [7, 11) is -4.57. The zero-order valence-electron chi connectivity index (χ0n) is 22.6. The van der Waals surface area contributed by atoms with E-state index in [2.05, 4.69) is 21.8 Å². The van der Waals surface area contributed by atoms with Gasteiger partial charge in [-0.15, -0.1) is 0 Å². The van der Waals surface area contributed by atoms with E-state index in [1.165, 1.54) is 22.6 Å². The molecule has 2 aliphatic rings. The summed E-state index contributed by atoms with van der Waals surface area (Å²) < 4.78 is 70.3. The van der Waals surface area contributed by atoms with Crippen LogP contribution in [0.3, 0.4) is 0 Å². The molecule has 1 aromatic heterocycles. The summed E-state index contributed by atoms with van der Waals surface area (Å²) in [4.78, 5) is 25.8. The molecule has 2 atom stereocenters. The van der Waals surface area contributed by atoms with E-state index in [-0.39, 0.29) is 18.9 Å². The van der Waals surface area contributed by atoms with Crippen LogP contribution < -0.4 is 15.5 Å². The van der Waals surface area contributed by atoms with E-state index in [1.54, 1.807) is 37.3 Å². The highest BCUT2D eigenvalue weighted by Gasteiger charge is 2.51. The number of halogens is 3. The predicted molar refractivity (Wildman–Crippen MR) is 146 cm³/mol. The molecule has 1 saturated heterocycles. The lowest BCUT2D eigenvalue weighted by molar-refractivity contribution is -0.139. The van der Waals surface area contributed by atoms with Crippen LogP contribution in [-0.2, 0) is 25.6 Å². The van der Waals surface area contributed by atoms with Crippen LogP contribution in [0.15, 0.2) is 59.5 Å². The van der Waals surface area contributed by atoms with Crippen LogP contribution in [-0.4, -0.2) is 53.4 Å². The number of hydrogen-bond acceptors (Lipinski definition) is 7. The molecule has 220 valence electrons. The van der Waals surface area contributed by atoms with Gasteiger partial charge in [-0.1, -0.05) is 18.2 Å². The van der Waals surface area contributed by atoms with Crippen LogP contribution in [0.25, 0.3) is 5.69 Å². The lowest BCUT2D eigenvalue weighted by Crippen LogP contribution is -2.48. The summed E-state index contributed by atoms with van der Waals surface area (Å²) in [5.41, 5.74) is -0.831. The van der Waals surface area contributed by atoms with Crippen LogP contribution >= 0.6 is 0 Å². The van der Waals surface area contributed by atoms with Gasteiger partial charge in [-0.3, -0.25) is 9.59 Å². The first-order chi connectivity index (χ1) is 19.7. The minimum absolute atomic E-state index is 0.293. The summed E-state index contributed by atoms with van der Waals surface area (Å²) >= 11 is 0. The Balaban J connectivity index is 1.57. The SMILES string of the molecule is CC(=O)Nc1cccc(-n2nc(C)cc2N2C[C@H](S(=O)(=O)c3ccccc3C(F)(F)F)C[C@H]2C(=O)NC2(C#N)CC2)c1. The van der Waals surface area contributed by atoms with Crippen LogP contribution in [0.5, 0.6) is 0 Å². The van der Waals surface area contributed by atoms with E-state index < -0.39 is 49.2 Å². The van der Waals surface area contributed by atoms with Gasteiger partial charge in [0.15, 0.2) is 9.84 Å². The zero-order valence-corrected chi connectivity index (χ0v) is 23.5. The van der Waals surface area contributed by atoms with Crippen LogP contribution in [0, 0.1) is 18.3 Å². The fraction of sp³-hybridized carbons (Fsp3) is 0.357. The maximum Gasteiger partial charge on any atom is 0.417 e. The summed E-state index contributed by atoms with van der Waals surface area (Å²) in [5.74, 6) is -0.566. The number of carbonyl (C=O) groups is 2. The molecular weight excluding hydrogens is 573 g/mol. The molecule has 1 aliphatic carbocycles. The number of carbonyl (C=O) groups excluding carboxylic acids is 2. The number of nitrogens with zero attached hydrogens (tertiary/aromatic N) is 4. The number of sulfone groups is 1. The molecule has 1 aliphatic heterocycles. The third-order valence-electron chi connectivity index (χ3n) is 7.35. The van der Waals surface area contributed by atoms with Crippen molar-refractivity contribution < 1.29 is 31.2 Å². The first-order valence-corrected chi connectivity index (χ1v) is 14.6. The number of anilines is 2. The predicted octanol–water partition coefficient (Wildman–Crippen LogP) is 3.75. The number of amides is 2. The first-order valence-electron chi connectivity index (χ1n) is 13.1. The third-order valence-corrected chi connectivity index (χ3v) is 9.54. The highest BCUT2D eigenvalue weighted by Crippen LogP contribution is 2.40. The number of nitriles is 1. The van der Waals surface area contributed by atoms with Gasteiger partial charge in [0.25, 0.3) is 0 Å². The van der Waals surface area contributed by atoms with Gasteiger partial charge in [-0.2, -0.15) is 23.5 Å². The van der Waals surface area contributed by atoms with Crippen LogP contribution in [0.2, 0.25) is 0 Å². The summed E-state index contributed by atoms with van der Waals surface area (Å²) in [6, 6.07) is 13.3. The van der Waals surface area contributed by atoms with E-state index in [0.717, 1.165) is 12.1 Å². The Labute approximate surface area is 240 Å². The second kappa shape index (κ2) is 10.5. The van der Waals surface area contributed by atoms with Gasteiger partial charge in [0.05, 0.1) is 33.2 Å². The second-order valence-corrected chi connectivity index (χ2v) is 12.7. The molecule has 0 radical (unpaired) electrons. The minimum Gasteiger partial charge on any atom is -0.343 e. The van der Waals surface area contributed by atoms with Gasteiger partial charge in [-0.25, -0.2) is 13.1 Å². The van der Waals surface area contributed by atoms with Gasteiger partial charge in [0.1, 0.15) is 17.4 Å². The summed E-state index contributed by atoms with van der Waals surface area (Å²) in [6.45, 7) is 2.75. The van der Waals surface area contributed by atoms with Gasteiger partial charge in [-0.05, 0) is 56.5 Å². The number of benzene rings is 2. The smallest absolute Gasteiger partial charge is 0.343 e. The molecule has 1 saturated carbocycles. The number of hydrogen-bond donors (Lipinski definition) is 2. The van der Waals surface area contributed by atoms with Crippen molar-refractivity contribution in [2.45, 2.75) is 61.0 Å². The van der Waals surface area contributed by atoms with Crippen LogP contribution in [0.1, 0.15) is 37.4 Å². The highest BCUT2D eigenvalue weighted by atomic mass is 32.2. The molecule has 2 fully saturated rings. The molecule has 2 N–H and O–H groups in total. The average Bonchev–Trinajstić information content (AvgIpc) is 3.36. The molecule has 0 unspecified atom stereocenters. The van der Waals surface area contributed by atoms with E-state index in [0.29, 0.717) is 41.8 Å². The zero-order chi connectivity index (χ0) is 30.4. The van der Waals surface area contributed by atoms with Crippen molar-refractivity contribution >= 4 is 33.2 Å². The van der Waals surface area contributed by atoms with E-state index in [1.807, 2.05) is 0 Å². The molecule has 5 rings (SSSR count). The van der Waals surface area contributed by atoms with Gasteiger partial charge in [0.2, 0.25) is 11.8 Å². The molecule has 2 aromatic carbocycles. The van der Waals surface area contributed by atoms with Crippen molar-refractivity contribution in [3.8, 4) is 11.8 Å². The lowest BCUT2D eigenvalue weighted by atomic mass is 10.1.